The van der Waals surface area contributed by atoms with Crippen molar-refractivity contribution in [1.29, 1.82) is 0 Å². The number of carbonyl (C=O) groups excluding carboxylic acids is 1. The zero-order valence-corrected chi connectivity index (χ0v) is 14.8. The van der Waals surface area contributed by atoms with E-state index in [1.807, 2.05) is 0 Å². The molecule has 0 N–H and O–H groups in total. The van der Waals surface area contributed by atoms with Gasteiger partial charge in [0.15, 0.2) is 0 Å². The quantitative estimate of drug-likeness (QED) is 0.518. The average molecular weight is 332 g/mol. The van der Waals surface area contributed by atoms with E-state index >= 15 is 0 Å². The third-order valence-electron chi connectivity index (χ3n) is 4.36. The highest BCUT2D eigenvalue weighted by molar-refractivity contribution is 5.89. The Balaban J connectivity index is 1.65. The van der Waals surface area contributed by atoms with E-state index in [9.17, 15) is 4.79 Å². The van der Waals surface area contributed by atoms with Crippen LogP contribution in [0.2, 0.25) is 0 Å². The molecule has 1 aliphatic rings. The van der Waals surface area contributed by atoms with Crippen LogP contribution in [0.5, 0.6) is 5.75 Å². The Morgan fingerprint density at radius 1 is 1.17 bits per heavy atom. The van der Waals surface area contributed by atoms with Crippen molar-refractivity contribution >= 4 is 5.97 Å². The van der Waals surface area contributed by atoms with Crippen LogP contribution >= 0.6 is 0 Å². The van der Waals surface area contributed by atoms with Crippen molar-refractivity contribution in [2.75, 3.05) is 20.3 Å². The Hall–Kier alpha value is -1.81. The molecule has 4 nitrogen and oxygen atoms in total. The van der Waals surface area contributed by atoms with Crippen LogP contribution in [-0.4, -0.2) is 32.4 Å². The topological polar surface area (TPSA) is 44.8 Å². The number of benzene rings is 1. The van der Waals surface area contributed by atoms with Crippen molar-refractivity contribution < 1.29 is 19.0 Å². The molecule has 0 spiro atoms. The van der Waals surface area contributed by atoms with E-state index in [2.05, 4.69) is 17.7 Å². The molecule has 0 heterocycles. The van der Waals surface area contributed by atoms with Gasteiger partial charge >= 0.3 is 5.97 Å². The predicted octanol–water partition coefficient (Wildman–Crippen LogP) is 4.54. The molecule has 1 fully saturated rings. The summed E-state index contributed by atoms with van der Waals surface area (Å²) in [5.41, 5.74) is 1.80. The Kier molecular flexibility index (Phi) is 7.83. The van der Waals surface area contributed by atoms with Gasteiger partial charge in [-0.1, -0.05) is 24.8 Å². The molecule has 0 unspecified atom stereocenters. The molecule has 0 radical (unpaired) electrons. The van der Waals surface area contributed by atoms with E-state index in [0.29, 0.717) is 18.3 Å². The summed E-state index contributed by atoms with van der Waals surface area (Å²) < 4.78 is 16.3. The van der Waals surface area contributed by atoms with Gasteiger partial charge < -0.3 is 14.2 Å². The lowest BCUT2D eigenvalue weighted by Crippen LogP contribution is -2.17. The van der Waals surface area contributed by atoms with Crippen molar-refractivity contribution in [2.24, 2.45) is 0 Å². The smallest absolute Gasteiger partial charge is 0.337 e. The molecular weight excluding hydrogens is 304 g/mol. The molecule has 4 heteroatoms. The maximum atomic E-state index is 11.4. The minimum absolute atomic E-state index is 0.338. The van der Waals surface area contributed by atoms with Crippen molar-refractivity contribution in [3.8, 4) is 5.75 Å². The summed E-state index contributed by atoms with van der Waals surface area (Å²) in [5, 5.41) is 0. The van der Waals surface area contributed by atoms with Crippen molar-refractivity contribution in [3.05, 3.63) is 41.5 Å². The standard InChI is InChI=1S/C20H28O4/c1-16(12-14-23-18-6-4-3-5-7-18)13-15-24-19-10-8-17(9-11-19)20(21)22-2/h8-11,13,18H,3-7,12,14-15H2,1-2H3. The fourth-order valence-electron chi connectivity index (χ4n) is 2.81. The first-order valence-electron chi connectivity index (χ1n) is 8.77. The number of ether oxygens (including phenoxy) is 3. The summed E-state index contributed by atoms with van der Waals surface area (Å²) in [7, 11) is 1.37. The molecule has 1 aromatic carbocycles. The second-order valence-corrected chi connectivity index (χ2v) is 6.26. The van der Waals surface area contributed by atoms with E-state index in [1.165, 1.54) is 44.8 Å². The van der Waals surface area contributed by atoms with Crippen LogP contribution in [0.15, 0.2) is 35.9 Å². The van der Waals surface area contributed by atoms with Crippen LogP contribution < -0.4 is 4.74 Å². The minimum Gasteiger partial charge on any atom is -0.490 e. The van der Waals surface area contributed by atoms with Gasteiger partial charge in [-0.2, -0.15) is 0 Å². The highest BCUT2D eigenvalue weighted by atomic mass is 16.5. The SMILES string of the molecule is COC(=O)c1ccc(OCC=C(C)CCOC2CCCCC2)cc1. The second kappa shape index (κ2) is 10.1. The fourth-order valence-corrected chi connectivity index (χ4v) is 2.81. The van der Waals surface area contributed by atoms with Crippen molar-refractivity contribution in [1.82, 2.24) is 0 Å². The van der Waals surface area contributed by atoms with Crippen LogP contribution in [0, 0.1) is 0 Å². The number of esters is 1. The molecule has 24 heavy (non-hydrogen) atoms. The maximum Gasteiger partial charge on any atom is 0.337 e. The molecule has 2 rings (SSSR count). The monoisotopic (exact) mass is 332 g/mol. The predicted molar refractivity (Wildman–Crippen MR) is 94.5 cm³/mol. The molecule has 0 atom stereocenters. The van der Waals surface area contributed by atoms with E-state index in [-0.39, 0.29) is 5.97 Å². The van der Waals surface area contributed by atoms with Gasteiger partial charge in [0.1, 0.15) is 12.4 Å². The lowest BCUT2D eigenvalue weighted by Gasteiger charge is -2.22. The van der Waals surface area contributed by atoms with Crippen LogP contribution in [-0.2, 0) is 9.47 Å². The molecule has 1 saturated carbocycles. The average Bonchev–Trinajstić information content (AvgIpc) is 2.62. The molecule has 132 valence electrons. The molecule has 0 aromatic heterocycles. The molecule has 0 amide bonds. The van der Waals surface area contributed by atoms with Gasteiger partial charge in [-0.3, -0.25) is 0 Å². The normalized spacial score (nSPS) is 16.0. The zero-order valence-electron chi connectivity index (χ0n) is 14.8. The lowest BCUT2D eigenvalue weighted by molar-refractivity contribution is 0.0303. The molecule has 1 aromatic rings. The van der Waals surface area contributed by atoms with E-state index in [4.69, 9.17) is 9.47 Å². The summed E-state index contributed by atoms with van der Waals surface area (Å²) in [6, 6.07) is 6.97. The molecule has 0 aliphatic heterocycles. The Labute approximate surface area is 144 Å². The largest absolute Gasteiger partial charge is 0.490 e. The lowest BCUT2D eigenvalue weighted by atomic mass is 9.98. The summed E-state index contributed by atoms with van der Waals surface area (Å²) in [4.78, 5) is 11.4. The second-order valence-electron chi connectivity index (χ2n) is 6.26. The van der Waals surface area contributed by atoms with Gasteiger partial charge in [-0.15, -0.1) is 0 Å². The third kappa shape index (κ3) is 6.36. The highest BCUT2D eigenvalue weighted by Gasteiger charge is 2.13. The van der Waals surface area contributed by atoms with Gasteiger partial charge in [0.25, 0.3) is 0 Å². The van der Waals surface area contributed by atoms with Crippen LogP contribution in [0.4, 0.5) is 0 Å². The molecule has 0 saturated heterocycles. The zero-order chi connectivity index (χ0) is 17.2. The maximum absolute atomic E-state index is 11.4. The van der Waals surface area contributed by atoms with Crippen LogP contribution in [0.3, 0.4) is 0 Å². The van der Waals surface area contributed by atoms with Gasteiger partial charge in [0, 0.05) is 0 Å². The number of hydrogen-bond donors (Lipinski definition) is 0. The number of rotatable bonds is 8. The fraction of sp³-hybridized carbons (Fsp3) is 0.550. The number of methoxy groups -OCH3 is 1. The Morgan fingerprint density at radius 3 is 2.54 bits per heavy atom. The number of carbonyl (C=O) groups is 1. The van der Waals surface area contributed by atoms with E-state index in [1.54, 1.807) is 24.3 Å². The van der Waals surface area contributed by atoms with E-state index in [0.717, 1.165) is 18.8 Å². The van der Waals surface area contributed by atoms with Crippen molar-refractivity contribution in [2.45, 2.75) is 51.6 Å². The molecule has 1 aliphatic carbocycles. The van der Waals surface area contributed by atoms with E-state index < -0.39 is 0 Å². The summed E-state index contributed by atoms with van der Waals surface area (Å²) in [5.74, 6) is 0.403. The van der Waals surface area contributed by atoms with Crippen LogP contribution in [0.25, 0.3) is 0 Å². The summed E-state index contributed by atoms with van der Waals surface area (Å²) in [6.07, 6.45) is 9.90. The first kappa shape index (κ1) is 18.5. The molecular formula is C20H28O4. The Morgan fingerprint density at radius 2 is 1.88 bits per heavy atom. The van der Waals surface area contributed by atoms with Gasteiger partial charge in [0.05, 0.1) is 25.4 Å². The first-order chi connectivity index (χ1) is 11.7. The minimum atomic E-state index is -0.338. The highest BCUT2D eigenvalue weighted by Crippen LogP contribution is 2.20. The van der Waals surface area contributed by atoms with Gasteiger partial charge in [-0.25, -0.2) is 4.79 Å². The van der Waals surface area contributed by atoms with Gasteiger partial charge in [0.2, 0.25) is 0 Å². The summed E-state index contributed by atoms with van der Waals surface area (Å²) in [6.45, 7) is 3.42. The Bertz CT molecular complexity index is 527. The third-order valence-corrected chi connectivity index (χ3v) is 4.36. The van der Waals surface area contributed by atoms with Crippen LogP contribution in [0.1, 0.15) is 55.8 Å². The summed E-state index contributed by atoms with van der Waals surface area (Å²) >= 11 is 0. The number of hydrogen-bond acceptors (Lipinski definition) is 4. The molecule has 0 bridgehead atoms. The van der Waals surface area contributed by atoms with Gasteiger partial charge in [-0.05, 0) is 56.5 Å². The van der Waals surface area contributed by atoms with Crippen molar-refractivity contribution in [3.63, 3.8) is 0 Å². The first-order valence-corrected chi connectivity index (χ1v) is 8.77.